The lowest BCUT2D eigenvalue weighted by atomic mass is 10.2. The molecule has 0 bridgehead atoms. The van der Waals surface area contributed by atoms with Crippen LogP contribution in [-0.2, 0) is 14.8 Å². The van der Waals surface area contributed by atoms with Crippen molar-refractivity contribution in [2.24, 2.45) is 0 Å². The summed E-state index contributed by atoms with van der Waals surface area (Å²) in [4.78, 5) is 12.5. The van der Waals surface area contributed by atoms with E-state index in [2.05, 4.69) is 18.8 Å². The minimum atomic E-state index is -3.96. The molecule has 0 aliphatic carbocycles. The summed E-state index contributed by atoms with van der Waals surface area (Å²) in [6.07, 6.45) is 4.27. The Kier molecular flexibility index (Phi) is 10.0. The number of nitrogens with one attached hydrogen (secondary N) is 1. The van der Waals surface area contributed by atoms with Gasteiger partial charge in [-0.2, -0.15) is 0 Å². The maximum absolute atomic E-state index is 13.3. The van der Waals surface area contributed by atoms with Crippen molar-refractivity contribution in [3.63, 3.8) is 0 Å². The van der Waals surface area contributed by atoms with Crippen LogP contribution in [0.1, 0.15) is 36.5 Å². The van der Waals surface area contributed by atoms with Gasteiger partial charge in [-0.05, 0) is 43.2 Å². The molecule has 0 atom stereocenters. The summed E-state index contributed by atoms with van der Waals surface area (Å²) in [5.41, 5.74) is 0.618. The van der Waals surface area contributed by atoms with Gasteiger partial charge in [-0.3, -0.25) is 9.10 Å². The van der Waals surface area contributed by atoms with E-state index >= 15 is 0 Å². The van der Waals surface area contributed by atoms with Gasteiger partial charge in [0.1, 0.15) is 0 Å². The van der Waals surface area contributed by atoms with Crippen molar-refractivity contribution in [2.45, 2.75) is 31.1 Å². The number of benzene rings is 2. The number of sulfonamides is 1. The molecule has 0 saturated heterocycles. The number of unbranched alkanes of at least 4 members (excludes halogenated alkanes) is 1. The molecule has 1 N–H and O–H groups in total. The molecule has 0 aliphatic rings. The number of halogens is 1. The van der Waals surface area contributed by atoms with Crippen LogP contribution in [0.5, 0.6) is 0 Å². The highest BCUT2D eigenvalue weighted by Gasteiger charge is 2.26. The Morgan fingerprint density at radius 2 is 1.90 bits per heavy atom. The summed E-state index contributed by atoms with van der Waals surface area (Å²) in [6.45, 7) is 7.53. The molecular formula is C23H29ClN2O4S. The summed E-state index contributed by atoms with van der Waals surface area (Å²) in [6, 6.07) is 12.7. The van der Waals surface area contributed by atoms with Crippen LogP contribution in [0.15, 0.2) is 66.1 Å². The van der Waals surface area contributed by atoms with Gasteiger partial charge in [0.2, 0.25) is 0 Å². The van der Waals surface area contributed by atoms with E-state index in [-0.39, 0.29) is 22.9 Å². The van der Waals surface area contributed by atoms with E-state index in [1.54, 1.807) is 36.4 Å². The molecule has 2 rings (SSSR count). The quantitative estimate of drug-likeness (QED) is 0.345. The Bertz CT molecular complexity index is 979. The van der Waals surface area contributed by atoms with Crippen molar-refractivity contribution in [1.29, 1.82) is 0 Å². The van der Waals surface area contributed by atoms with Crippen LogP contribution in [0.2, 0.25) is 5.02 Å². The number of nitrogens with zero attached hydrogens (tertiary/aromatic N) is 1. The Hall–Kier alpha value is -2.35. The number of carbonyl (C=O) groups is 1. The normalized spacial score (nSPS) is 11.2. The largest absolute Gasteiger partial charge is 0.381 e. The van der Waals surface area contributed by atoms with E-state index in [4.69, 9.17) is 16.3 Å². The molecule has 6 nitrogen and oxygen atoms in total. The van der Waals surface area contributed by atoms with E-state index in [1.165, 1.54) is 22.5 Å². The predicted octanol–water partition coefficient (Wildman–Crippen LogP) is 4.66. The first-order valence-corrected chi connectivity index (χ1v) is 12.1. The molecular weight excluding hydrogens is 436 g/mol. The van der Waals surface area contributed by atoms with Crippen molar-refractivity contribution >= 4 is 33.2 Å². The summed E-state index contributed by atoms with van der Waals surface area (Å²) in [5.74, 6) is -0.335. The standard InChI is InChI=1S/C23H29ClN2O4S/c1-3-5-16-30-17-9-14-25-23(27)19-10-8-11-20(18-19)31(28,29)26(15-4-2)22-13-7-6-12-21(22)24/h4,6-8,10-13,18H,2-3,5,9,14-17H2,1H3,(H,25,27). The first kappa shape index (κ1) is 24.9. The Morgan fingerprint density at radius 1 is 1.16 bits per heavy atom. The van der Waals surface area contributed by atoms with E-state index in [0.29, 0.717) is 30.3 Å². The van der Waals surface area contributed by atoms with Crippen LogP contribution >= 0.6 is 11.6 Å². The number of amides is 1. The highest BCUT2D eigenvalue weighted by molar-refractivity contribution is 7.92. The summed E-state index contributed by atoms with van der Waals surface area (Å²) >= 11 is 6.23. The minimum Gasteiger partial charge on any atom is -0.381 e. The third-order valence-corrected chi connectivity index (χ3v) is 6.59. The molecule has 31 heavy (non-hydrogen) atoms. The summed E-state index contributed by atoms with van der Waals surface area (Å²) in [5, 5.41) is 3.11. The average molecular weight is 465 g/mol. The van der Waals surface area contributed by atoms with Crippen LogP contribution in [-0.4, -0.2) is 40.6 Å². The number of rotatable bonds is 13. The van der Waals surface area contributed by atoms with Crippen molar-refractivity contribution in [3.05, 3.63) is 71.8 Å². The van der Waals surface area contributed by atoms with Crippen molar-refractivity contribution < 1.29 is 17.9 Å². The Morgan fingerprint density at radius 3 is 2.61 bits per heavy atom. The molecule has 8 heteroatoms. The van der Waals surface area contributed by atoms with Gasteiger partial charge in [0, 0.05) is 25.3 Å². The van der Waals surface area contributed by atoms with E-state index in [1.807, 2.05) is 0 Å². The minimum absolute atomic E-state index is 0.00446. The number of ether oxygens (including phenoxy) is 1. The van der Waals surface area contributed by atoms with Gasteiger partial charge >= 0.3 is 0 Å². The van der Waals surface area contributed by atoms with Gasteiger partial charge in [0.15, 0.2) is 0 Å². The molecule has 0 heterocycles. The molecule has 1 amide bonds. The highest BCUT2D eigenvalue weighted by atomic mass is 35.5. The van der Waals surface area contributed by atoms with Crippen LogP contribution in [0.4, 0.5) is 5.69 Å². The predicted molar refractivity (Wildman–Crippen MR) is 125 cm³/mol. The second-order valence-electron chi connectivity index (χ2n) is 6.88. The molecule has 0 spiro atoms. The van der Waals surface area contributed by atoms with Gasteiger partial charge in [-0.1, -0.05) is 49.2 Å². The van der Waals surface area contributed by atoms with Gasteiger partial charge < -0.3 is 10.1 Å². The molecule has 0 aromatic heterocycles. The fourth-order valence-electron chi connectivity index (χ4n) is 2.85. The molecule has 0 unspecified atom stereocenters. The number of hydrogen-bond acceptors (Lipinski definition) is 4. The first-order valence-electron chi connectivity index (χ1n) is 10.3. The van der Waals surface area contributed by atoms with Crippen LogP contribution < -0.4 is 9.62 Å². The smallest absolute Gasteiger partial charge is 0.264 e. The molecule has 168 valence electrons. The first-order chi connectivity index (χ1) is 14.9. The van der Waals surface area contributed by atoms with E-state index in [0.717, 1.165) is 19.4 Å². The lowest BCUT2D eigenvalue weighted by Crippen LogP contribution is -2.32. The number of carbonyl (C=O) groups excluding carboxylic acids is 1. The van der Waals surface area contributed by atoms with Crippen LogP contribution in [0, 0.1) is 0 Å². The van der Waals surface area contributed by atoms with Crippen molar-refractivity contribution in [1.82, 2.24) is 5.32 Å². The van der Waals surface area contributed by atoms with Crippen LogP contribution in [0.3, 0.4) is 0 Å². The third-order valence-electron chi connectivity index (χ3n) is 4.49. The maximum atomic E-state index is 13.3. The molecule has 2 aromatic carbocycles. The fourth-order valence-corrected chi connectivity index (χ4v) is 4.64. The number of hydrogen-bond donors (Lipinski definition) is 1. The SMILES string of the molecule is C=CCN(c1ccccc1Cl)S(=O)(=O)c1cccc(C(=O)NCCCOCCCC)c1. The van der Waals surface area contributed by atoms with Gasteiger partial charge in [-0.15, -0.1) is 6.58 Å². The van der Waals surface area contributed by atoms with Crippen molar-refractivity contribution in [2.75, 3.05) is 30.6 Å². The molecule has 0 aliphatic heterocycles. The fraction of sp³-hybridized carbons (Fsp3) is 0.348. The van der Waals surface area contributed by atoms with Crippen LogP contribution in [0.25, 0.3) is 0 Å². The molecule has 2 aromatic rings. The maximum Gasteiger partial charge on any atom is 0.264 e. The zero-order chi connectivity index (χ0) is 22.7. The zero-order valence-corrected chi connectivity index (χ0v) is 19.3. The molecule has 0 saturated carbocycles. The third kappa shape index (κ3) is 7.09. The monoisotopic (exact) mass is 464 g/mol. The second-order valence-corrected chi connectivity index (χ2v) is 9.15. The molecule has 0 fully saturated rings. The van der Waals surface area contributed by atoms with Crippen molar-refractivity contribution in [3.8, 4) is 0 Å². The topological polar surface area (TPSA) is 75.7 Å². The lowest BCUT2D eigenvalue weighted by Gasteiger charge is -2.24. The summed E-state index contributed by atoms with van der Waals surface area (Å²) in [7, 11) is -3.96. The van der Waals surface area contributed by atoms with Gasteiger partial charge in [0.25, 0.3) is 15.9 Å². The van der Waals surface area contributed by atoms with E-state index in [9.17, 15) is 13.2 Å². The Balaban J connectivity index is 2.12. The zero-order valence-electron chi connectivity index (χ0n) is 17.7. The highest BCUT2D eigenvalue weighted by Crippen LogP contribution is 2.30. The Labute approximate surface area is 189 Å². The average Bonchev–Trinajstić information content (AvgIpc) is 2.77. The van der Waals surface area contributed by atoms with Gasteiger partial charge in [-0.25, -0.2) is 8.42 Å². The van der Waals surface area contributed by atoms with Gasteiger partial charge in [0.05, 0.1) is 22.2 Å². The second kappa shape index (κ2) is 12.5. The number of para-hydroxylation sites is 1. The number of anilines is 1. The lowest BCUT2D eigenvalue weighted by molar-refractivity contribution is 0.0940. The summed E-state index contributed by atoms with van der Waals surface area (Å²) < 4.78 is 33.3. The van der Waals surface area contributed by atoms with E-state index < -0.39 is 10.0 Å². The molecule has 0 radical (unpaired) electrons.